The number of ether oxygens (including phenoxy) is 2. The molecule has 0 aromatic heterocycles. The molecule has 1 unspecified atom stereocenters. The molecule has 0 saturated heterocycles. The van der Waals surface area contributed by atoms with E-state index in [-0.39, 0.29) is 5.38 Å². The van der Waals surface area contributed by atoms with Crippen molar-refractivity contribution in [3.8, 4) is 5.75 Å². The van der Waals surface area contributed by atoms with Gasteiger partial charge in [0.15, 0.2) is 0 Å². The van der Waals surface area contributed by atoms with Gasteiger partial charge in [-0.3, -0.25) is 0 Å². The zero-order chi connectivity index (χ0) is 13.9. The van der Waals surface area contributed by atoms with Crippen LogP contribution < -0.4 is 4.74 Å². The van der Waals surface area contributed by atoms with Crippen molar-refractivity contribution in [1.82, 2.24) is 0 Å². The van der Waals surface area contributed by atoms with Crippen LogP contribution in [0.3, 0.4) is 0 Å². The van der Waals surface area contributed by atoms with Crippen molar-refractivity contribution in [3.05, 3.63) is 64.7 Å². The average molecular weight is 289 g/mol. The van der Waals surface area contributed by atoms with E-state index < -0.39 is 0 Å². The lowest BCUT2D eigenvalue weighted by Gasteiger charge is -2.12. The van der Waals surface area contributed by atoms with E-state index in [1.807, 2.05) is 12.1 Å². The molecule has 1 atom stereocenters. The first-order chi connectivity index (χ1) is 9.76. The monoisotopic (exact) mass is 288 g/mol. The van der Waals surface area contributed by atoms with Gasteiger partial charge in [-0.25, -0.2) is 0 Å². The van der Waals surface area contributed by atoms with Gasteiger partial charge < -0.3 is 9.47 Å². The maximum atomic E-state index is 6.54. The predicted molar refractivity (Wildman–Crippen MR) is 80.2 cm³/mol. The molecule has 104 valence electrons. The number of fused-ring (bicyclic) bond motifs is 1. The molecular formula is C17H17ClO2. The molecule has 0 aliphatic carbocycles. The quantitative estimate of drug-likeness (QED) is 0.783. The fourth-order valence-electron chi connectivity index (χ4n) is 2.47. The van der Waals surface area contributed by atoms with Crippen molar-refractivity contribution >= 4 is 11.6 Å². The van der Waals surface area contributed by atoms with Gasteiger partial charge in [0.05, 0.1) is 25.7 Å². The van der Waals surface area contributed by atoms with Crippen LogP contribution in [0.1, 0.15) is 27.6 Å². The Morgan fingerprint density at radius 3 is 2.60 bits per heavy atom. The second kappa shape index (κ2) is 5.86. The van der Waals surface area contributed by atoms with Crippen molar-refractivity contribution in [3.63, 3.8) is 0 Å². The van der Waals surface area contributed by atoms with E-state index in [0.717, 1.165) is 24.3 Å². The van der Waals surface area contributed by atoms with Gasteiger partial charge in [-0.05, 0) is 40.8 Å². The fraction of sp³-hybridized carbons (Fsp3) is 0.294. The van der Waals surface area contributed by atoms with Gasteiger partial charge in [-0.15, -0.1) is 11.6 Å². The third-order valence-electron chi connectivity index (χ3n) is 3.68. The molecule has 1 heterocycles. The van der Waals surface area contributed by atoms with Crippen molar-refractivity contribution in [2.75, 3.05) is 7.11 Å². The van der Waals surface area contributed by atoms with Crippen LogP contribution in [0.15, 0.2) is 42.5 Å². The van der Waals surface area contributed by atoms with E-state index in [1.54, 1.807) is 7.11 Å². The second-order valence-electron chi connectivity index (χ2n) is 5.04. The Labute approximate surface area is 124 Å². The van der Waals surface area contributed by atoms with E-state index in [1.165, 1.54) is 16.7 Å². The van der Waals surface area contributed by atoms with E-state index >= 15 is 0 Å². The molecule has 3 heteroatoms. The molecule has 0 spiro atoms. The molecule has 1 aliphatic rings. The molecule has 0 bridgehead atoms. The Kier molecular flexibility index (Phi) is 3.95. The van der Waals surface area contributed by atoms with Crippen LogP contribution in [-0.2, 0) is 24.4 Å². The Hall–Kier alpha value is -1.51. The molecule has 0 saturated carbocycles. The van der Waals surface area contributed by atoms with Gasteiger partial charge in [0.25, 0.3) is 0 Å². The van der Waals surface area contributed by atoms with Crippen LogP contribution in [0.25, 0.3) is 0 Å². The Morgan fingerprint density at radius 1 is 1.10 bits per heavy atom. The normalized spacial score (nSPS) is 14.9. The van der Waals surface area contributed by atoms with Crippen LogP contribution in [0.5, 0.6) is 5.75 Å². The molecule has 0 N–H and O–H groups in total. The maximum Gasteiger partial charge on any atom is 0.118 e. The number of halogens is 1. The number of rotatable bonds is 4. The topological polar surface area (TPSA) is 18.5 Å². The van der Waals surface area contributed by atoms with Crippen LogP contribution in [0.2, 0.25) is 0 Å². The predicted octanol–water partition coefficient (Wildman–Crippen LogP) is 4.25. The number of hydrogen-bond acceptors (Lipinski definition) is 2. The summed E-state index contributed by atoms with van der Waals surface area (Å²) in [4.78, 5) is 0. The third kappa shape index (κ3) is 2.82. The van der Waals surface area contributed by atoms with Gasteiger partial charge in [-0.1, -0.05) is 30.3 Å². The largest absolute Gasteiger partial charge is 0.497 e. The summed E-state index contributed by atoms with van der Waals surface area (Å²) in [6.45, 7) is 1.43. The first kappa shape index (κ1) is 13.5. The zero-order valence-corrected chi connectivity index (χ0v) is 12.2. The smallest absolute Gasteiger partial charge is 0.118 e. The van der Waals surface area contributed by atoms with E-state index in [4.69, 9.17) is 21.1 Å². The van der Waals surface area contributed by atoms with Crippen molar-refractivity contribution in [2.45, 2.75) is 25.0 Å². The molecule has 0 fully saturated rings. The summed E-state index contributed by atoms with van der Waals surface area (Å²) in [5, 5.41) is -0.0192. The third-order valence-corrected chi connectivity index (χ3v) is 4.09. The summed E-state index contributed by atoms with van der Waals surface area (Å²) < 4.78 is 10.6. The van der Waals surface area contributed by atoms with Crippen LogP contribution in [0, 0.1) is 0 Å². The minimum absolute atomic E-state index is 0.0192. The summed E-state index contributed by atoms with van der Waals surface area (Å²) >= 11 is 6.54. The highest BCUT2D eigenvalue weighted by atomic mass is 35.5. The number of alkyl halides is 1. The highest BCUT2D eigenvalue weighted by Gasteiger charge is 2.15. The summed E-state index contributed by atoms with van der Waals surface area (Å²) in [6.07, 6.45) is 0.811. The van der Waals surface area contributed by atoms with E-state index in [0.29, 0.717) is 6.61 Å². The Balaban J connectivity index is 1.73. The number of benzene rings is 2. The fourth-order valence-corrected chi connectivity index (χ4v) is 2.79. The molecule has 20 heavy (non-hydrogen) atoms. The lowest BCUT2D eigenvalue weighted by atomic mass is 10.00. The van der Waals surface area contributed by atoms with Gasteiger partial charge in [0, 0.05) is 0 Å². The Bertz CT molecular complexity index is 592. The summed E-state index contributed by atoms with van der Waals surface area (Å²) in [6, 6.07) is 14.5. The average Bonchev–Trinajstić information content (AvgIpc) is 2.95. The van der Waals surface area contributed by atoms with Gasteiger partial charge in [0.1, 0.15) is 5.75 Å². The standard InChI is InChI=1S/C17H17ClO2/c1-19-16-6-2-12(3-7-16)8-17(18)13-4-5-14-10-20-11-15(14)9-13/h2-7,9,17H,8,10-11H2,1H3. The Morgan fingerprint density at radius 2 is 1.85 bits per heavy atom. The molecule has 0 amide bonds. The minimum Gasteiger partial charge on any atom is -0.497 e. The summed E-state index contributed by atoms with van der Waals surface area (Å²) in [7, 11) is 1.67. The first-order valence-corrected chi connectivity index (χ1v) is 7.16. The highest BCUT2D eigenvalue weighted by Crippen LogP contribution is 2.29. The molecule has 3 rings (SSSR count). The van der Waals surface area contributed by atoms with Crippen molar-refractivity contribution < 1.29 is 9.47 Å². The number of methoxy groups -OCH3 is 1. The van der Waals surface area contributed by atoms with E-state index in [9.17, 15) is 0 Å². The molecule has 2 nitrogen and oxygen atoms in total. The summed E-state index contributed by atoms with van der Waals surface area (Å²) in [5.41, 5.74) is 4.92. The van der Waals surface area contributed by atoms with Crippen molar-refractivity contribution in [1.29, 1.82) is 0 Å². The molecule has 0 radical (unpaired) electrons. The second-order valence-corrected chi connectivity index (χ2v) is 5.57. The van der Waals surface area contributed by atoms with Crippen LogP contribution >= 0.6 is 11.6 Å². The molecular weight excluding hydrogens is 272 g/mol. The lowest BCUT2D eigenvalue weighted by molar-refractivity contribution is 0.134. The van der Waals surface area contributed by atoms with Gasteiger partial charge in [0.2, 0.25) is 0 Å². The van der Waals surface area contributed by atoms with Gasteiger partial charge >= 0.3 is 0 Å². The van der Waals surface area contributed by atoms with E-state index in [2.05, 4.69) is 30.3 Å². The summed E-state index contributed by atoms with van der Waals surface area (Å²) in [5.74, 6) is 0.870. The van der Waals surface area contributed by atoms with Crippen molar-refractivity contribution in [2.24, 2.45) is 0 Å². The molecule has 2 aromatic carbocycles. The van der Waals surface area contributed by atoms with Crippen LogP contribution in [-0.4, -0.2) is 7.11 Å². The SMILES string of the molecule is COc1ccc(CC(Cl)c2ccc3c(c2)COC3)cc1. The lowest BCUT2D eigenvalue weighted by Crippen LogP contribution is -1.97. The molecule has 2 aromatic rings. The molecule has 1 aliphatic heterocycles. The minimum atomic E-state index is -0.0192. The zero-order valence-electron chi connectivity index (χ0n) is 11.4. The first-order valence-electron chi connectivity index (χ1n) is 6.72. The van der Waals surface area contributed by atoms with Gasteiger partial charge in [-0.2, -0.15) is 0 Å². The maximum absolute atomic E-state index is 6.54. The number of hydrogen-bond donors (Lipinski definition) is 0. The highest BCUT2D eigenvalue weighted by molar-refractivity contribution is 6.20. The van der Waals surface area contributed by atoms with Crippen LogP contribution in [0.4, 0.5) is 0 Å².